The molecule has 3 rings (SSSR count). The van der Waals surface area contributed by atoms with Crippen molar-refractivity contribution < 1.29 is 24.5 Å². The van der Waals surface area contributed by atoms with Crippen molar-refractivity contribution in [3.63, 3.8) is 0 Å². The molecule has 1 aliphatic rings. The van der Waals surface area contributed by atoms with Crippen molar-refractivity contribution in [2.45, 2.75) is 30.8 Å². The highest BCUT2D eigenvalue weighted by atomic mass is 16.5. The monoisotopic (exact) mass is 347 g/mol. The number of nitrogens with zero attached hydrogens (tertiary/aromatic N) is 2. The molecule has 1 aromatic heterocycles. The number of methoxy groups -OCH3 is 1. The molecule has 134 valence electrons. The van der Waals surface area contributed by atoms with Crippen LogP contribution in [-0.2, 0) is 7.05 Å². The molecule has 8 heteroatoms. The standard InChI is InChI=1S/C17H21N3O5/c1-20-9-18-8-13(20)17(23)19-12-7-14(16(22)15(12)21)25-11-5-3-4-10(6-11)24-2/h3-6,8-9,12,14-16,21-22H,7H2,1-2H3,(H,19,23)/t12-,14-,15+,16+/m1/s1. The first-order valence-electron chi connectivity index (χ1n) is 7.93. The molecule has 3 N–H and O–H groups in total. The average Bonchev–Trinajstić information content (AvgIpc) is 3.14. The van der Waals surface area contributed by atoms with E-state index in [-0.39, 0.29) is 12.3 Å². The van der Waals surface area contributed by atoms with Gasteiger partial charge < -0.3 is 29.6 Å². The van der Waals surface area contributed by atoms with Crippen molar-refractivity contribution in [1.29, 1.82) is 0 Å². The number of hydrogen-bond acceptors (Lipinski definition) is 6. The minimum absolute atomic E-state index is 0.281. The maximum absolute atomic E-state index is 12.3. The number of aryl methyl sites for hydroxylation is 1. The van der Waals surface area contributed by atoms with Gasteiger partial charge in [0.1, 0.15) is 35.5 Å². The van der Waals surface area contributed by atoms with Gasteiger partial charge in [0, 0.05) is 19.5 Å². The van der Waals surface area contributed by atoms with Crippen molar-refractivity contribution in [2.75, 3.05) is 7.11 Å². The van der Waals surface area contributed by atoms with Gasteiger partial charge in [-0.15, -0.1) is 0 Å². The predicted molar refractivity (Wildman–Crippen MR) is 88.5 cm³/mol. The van der Waals surface area contributed by atoms with E-state index in [4.69, 9.17) is 9.47 Å². The van der Waals surface area contributed by atoms with Crippen LogP contribution in [-0.4, -0.2) is 57.1 Å². The second-order valence-corrected chi connectivity index (χ2v) is 6.02. The number of rotatable bonds is 5. The normalized spacial score (nSPS) is 25.6. The molecule has 0 radical (unpaired) electrons. The number of hydrogen-bond donors (Lipinski definition) is 3. The molecular weight excluding hydrogens is 326 g/mol. The summed E-state index contributed by atoms with van der Waals surface area (Å²) in [7, 11) is 3.26. The Balaban J connectivity index is 1.66. The summed E-state index contributed by atoms with van der Waals surface area (Å²) in [6.07, 6.45) is 0.374. The number of carbonyl (C=O) groups excluding carboxylic acids is 1. The Hall–Kier alpha value is -2.58. The minimum Gasteiger partial charge on any atom is -0.497 e. The van der Waals surface area contributed by atoms with Gasteiger partial charge in [0.2, 0.25) is 0 Å². The summed E-state index contributed by atoms with van der Waals surface area (Å²) < 4.78 is 12.5. The van der Waals surface area contributed by atoms with Gasteiger partial charge in [-0.2, -0.15) is 0 Å². The van der Waals surface area contributed by atoms with Crippen LogP contribution in [0.5, 0.6) is 11.5 Å². The lowest BCUT2D eigenvalue weighted by molar-refractivity contribution is -0.0135. The SMILES string of the molecule is COc1cccc(O[C@@H]2C[C@@H](NC(=O)c3cncn3C)[C@H](O)[C@H]2O)c1. The fourth-order valence-corrected chi connectivity index (χ4v) is 2.92. The van der Waals surface area contributed by atoms with Gasteiger partial charge in [-0.1, -0.05) is 6.07 Å². The van der Waals surface area contributed by atoms with E-state index in [1.165, 1.54) is 12.5 Å². The number of aliphatic hydroxyl groups is 2. The largest absolute Gasteiger partial charge is 0.497 e. The highest BCUT2D eigenvalue weighted by molar-refractivity contribution is 5.92. The third-order valence-corrected chi connectivity index (χ3v) is 4.32. The first-order chi connectivity index (χ1) is 12.0. The zero-order chi connectivity index (χ0) is 18.0. The highest BCUT2D eigenvalue weighted by Crippen LogP contribution is 2.28. The summed E-state index contributed by atoms with van der Waals surface area (Å²) >= 11 is 0. The molecule has 1 saturated carbocycles. The van der Waals surface area contributed by atoms with Crippen LogP contribution in [0.25, 0.3) is 0 Å². The van der Waals surface area contributed by atoms with E-state index in [0.29, 0.717) is 17.2 Å². The smallest absolute Gasteiger partial charge is 0.269 e. The van der Waals surface area contributed by atoms with Crippen LogP contribution in [0.1, 0.15) is 16.9 Å². The summed E-state index contributed by atoms with van der Waals surface area (Å²) in [6, 6.07) is 6.37. The van der Waals surface area contributed by atoms with Crippen LogP contribution in [0.2, 0.25) is 0 Å². The van der Waals surface area contributed by atoms with E-state index in [2.05, 4.69) is 10.3 Å². The fraction of sp³-hybridized carbons (Fsp3) is 0.412. The van der Waals surface area contributed by atoms with Crippen LogP contribution in [0.3, 0.4) is 0 Å². The van der Waals surface area contributed by atoms with E-state index in [1.807, 2.05) is 0 Å². The van der Waals surface area contributed by atoms with Crippen LogP contribution in [0, 0.1) is 0 Å². The molecule has 25 heavy (non-hydrogen) atoms. The summed E-state index contributed by atoms with van der Waals surface area (Å²) in [5.74, 6) is 0.791. The lowest BCUT2D eigenvalue weighted by Gasteiger charge is -2.18. The molecule has 4 atom stereocenters. The van der Waals surface area contributed by atoms with Gasteiger partial charge in [0.25, 0.3) is 5.91 Å². The van der Waals surface area contributed by atoms with Crippen LogP contribution < -0.4 is 14.8 Å². The van der Waals surface area contributed by atoms with Gasteiger partial charge >= 0.3 is 0 Å². The number of aliphatic hydroxyl groups excluding tert-OH is 2. The number of carbonyl (C=O) groups is 1. The molecular formula is C17H21N3O5. The third-order valence-electron chi connectivity index (χ3n) is 4.32. The van der Waals surface area contributed by atoms with Crippen LogP contribution in [0.15, 0.2) is 36.8 Å². The Kier molecular flexibility index (Phi) is 4.91. The lowest BCUT2D eigenvalue weighted by atomic mass is 10.2. The van der Waals surface area contributed by atoms with Gasteiger partial charge in [0.05, 0.1) is 25.7 Å². The molecule has 1 fully saturated rings. The van der Waals surface area contributed by atoms with E-state index < -0.39 is 24.4 Å². The Morgan fingerprint density at radius 2 is 2.08 bits per heavy atom. The zero-order valence-corrected chi connectivity index (χ0v) is 14.0. The molecule has 0 unspecified atom stereocenters. The third kappa shape index (κ3) is 3.59. The first kappa shape index (κ1) is 17.2. The molecule has 0 spiro atoms. The number of nitrogens with one attached hydrogen (secondary N) is 1. The Morgan fingerprint density at radius 1 is 1.32 bits per heavy atom. The lowest BCUT2D eigenvalue weighted by Crippen LogP contribution is -2.43. The van der Waals surface area contributed by atoms with Gasteiger partial charge in [-0.3, -0.25) is 4.79 Å². The molecule has 0 bridgehead atoms. The second kappa shape index (κ2) is 7.12. The number of ether oxygens (including phenoxy) is 2. The Labute approximate surface area is 145 Å². The molecule has 0 saturated heterocycles. The maximum atomic E-state index is 12.3. The molecule has 0 aliphatic heterocycles. The number of amides is 1. The second-order valence-electron chi connectivity index (χ2n) is 6.02. The molecule has 1 aliphatic carbocycles. The van der Waals surface area contributed by atoms with E-state index in [0.717, 1.165) is 0 Å². The summed E-state index contributed by atoms with van der Waals surface area (Å²) in [5.41, 5.74) is 0.374. The predicted octanol–water partition coefficient (Wildman–Crippen LogP) is 0.100. The zero-order valence-electron chi connectivity index (χ0n) is 14.0. The van der Waals surface area contributed by atoms with E-state index in [1.54, 1.807) is 43.0 Å². The van der Waals surface area contributed by atoms with Crippen molar-refractivity contribution in [3.05, 3.63) is 42.5 Å². The topological polar surface area (TPSA) is 106 Å². The average molecular weight is 347 g/mol. The number of benzene rings is 1. The van der Waals surface area contributed by atoms with Crippen LogP contribution >= 0.6 is 0 Å². The van der Waals surface area contributed by atoms with Crippen molar-refractivity contribution in [3.8, 4) is 11.5 Å². The maximum Gasteiger partial charge on any atom is 0.269 e. The Bertz CT molecular complexity index is 747. The Morgan fingerprint density at radius 3 is 2.76 bits per heavy atom. The molecule has 2 aromatic rings. The fourth-order valence-electron chi connectivity index (χ4n) is 2.92. The van der Waals surface area contributed by atoms with Crippen molar-refractivity contribution in [1.82, 2.24) is 14.9 Å². The van der Waals surface area contributed by atoms with E-state index in [9.17, 15) is 15.0 Å². The number of imidazole rings is 1. The molecule has 1 aromatic carbocycles. The molecule has 1 heterocycles. The quantitative estimate of drug-likeness (QED) is 0.708. The van der Waals surface area contributed by atoms with Crippen molar-refractivity contribution >= 4 is 5.91 Å². The van der Waals surface area contributed by atoms with Crippen LogP contribution in [0.4, 0.5) is 0 Å². The molecule has 1 amide bonds. The highest BCUT2D eigenvalue weighted by Gasteiger charge is 2.44. The van der Waals surface area contributed by atoms with E-state index >= 15 is 0 Å². The minimum atomic E-state index is -1.12. The van der Waals surface area contributed by atoms with Crippen molar-refractivity contribution in [2.24, 2.45) is 7.05 Å². The van der Waals surface area contributed by atoms with Gasteiger partial charge in [-0.25, -0.2) is 4.98 Å². The summed E-state index contributed by atoms with van der Waals surface area (Å²) in [4.78, 5) is 16.2. The summed E-state index contributed by atoms with van der Waals surface area (Å²) in [5, 5.41) is 23.2. The first-order valence-corrected chi connectivity index (χ1v) is 7.93. The van der Waals surface area contributed by atoms with Gasteiger partial charge in [0.15, 0.2) is 0 Å². The summed E-state index contributed by atoms with van der Waals surface area (Å²) in [6.45, 7) is 0. The number of aromatic nitrogens is 2. The van der Waals surface area contributed by atoms with Gasteiger partial charge in [-0.05, 0) is 12.1 Å². The molecule has 8 nitrogen and oxygen atoms in total.